The van der Waals surface area contributed by atoms with Crippen LogP contribution >= 0.6 is 0 Å². The third-order valence-corrected chi connectivity index (χ3v) is 4.01. The number of rotatable bonds is 6. The van der Waals surface area contributed by atoms with E-state index >= 15 is 0 Å². The van der Waals surface area contributed by atoms with Gasteiger partial charge in [-0.2, -0.15) is 5.10 Å². The van der Waals surface area contributed by atoms with Crippen molar-refractivity contribution < 1.29 is 9.53 Å². The summed E-state index contributed by atoms with van der Waals surface area (Å²) in [7, 11) is 3.87. The molecule has 1 atom stereocenters. The summed E-state index contributed by atoms with van der Waals surface area (Å²) in [5, 5.41) is 6.56. The molecule has 1 aliphatic heterocycles. The molecular weight excluding hydrogens is 308 g/mol. The molecule has 1 fully saturated rings. The summed E-state index contributed by atoms with van der Waals surface area (Å²) in [6, 6.07) is 3.77. The standard InChI is InChI=1S/C16H22N6O2/c1-21(2)16-13(4-3-8-17-16)24-12-7-9-22(10-12)15(23)6-5-14-18-11-19-20-14/h3-4,8,11-12H,5-7,9-10H2,1-2H3,(H,18,19,20)/t12-/m1/s1. The first kappa shape index (κ1) is 16.2. The number of aromatic amines is 1. The van der Waals surface area contributed by atoms with Crippen LogP contribution in [0.2, 0.25) is 0 Å². The van der Waals surface area contributed by atoms with Gasteiger partial charge in [0.15, 0.2) is 11.6 Å². The van der Waals surface area contributed by atoms with Crippen LogP contribution in [0.4, 0.5) is 5.82 Å². The van der Waals surface area contributed by atoms with Crippen molar-refractivity contribution in [3.8, 4) is 5.75 Å². The predicted octanol–water partition coefficient (Wildman–Crippen LogP) is 0.878. The highest BCUT2D eigenvalue weighted by Gasteiger charge is 2.28. The minimum atomic E-state index is 0.00197. The number of ether oxygens (including phenoxy) is 1. The van der Waals surface area contributed by atoms with Gasteiger partial charge >= 0.3 is 0 Å². The number of aromatic nitrogens is 4. The number of amides is 1. The molecule has 3 rings (SSSR count). The van der Waals surface area contributed by atoms with Crippen molar-refractivity contribution in [3.05, 3.63) is 30.5 Å². The van der Waals surface area contributed by atoms with Gasteiger partial charge in [-0.1, -0.05) is 0 Å². The number of hydrogen-bond donors (Lipinski definition) is 1. The number of anilines is 1. The molecule has 0 radical (unpaired) electrons. The van der Waals surface area contributed by atoms with Gasteiger partial charge in [0.2, 0.25) is 5.91 Å². The molecule has 2 aromatic rings. The van der Waals surface area contributed by atoms with Crippen LogP contribution in [0.1, 0.15) is 18.7 Å². The third kappa shape index (κ3) is 3.81. The summed E-state index contributed by atoms with van der Waals surface area (Å²) < 4.78 is 6.07. The monoisotopic (exact) mass is 330 g/mol. The molecule has 0 aromatic carbocycles. The number of carbonyl (C=O) groups excluding carboxylic acids is 1. The number of aryl methyl sites for hydroxylation is 1. The van der Waals surface area contributed by atoms with Gasteiger partial charge in [0.05, 0.1) is 6.54 Å². The van der Waals surface area contributed by atoms with E-state index in [0.29, 0.717) is 19.4 Å². The van der Waals surface area contributed by atoms with E-state index in [9.17, 15) is 4.79 Å². The molecule has 0 bridgehead atoms. The number of nitrogens with zero attached hydrogens (tertiary/aromatic N) is 5. The normalized spacial score (nSPS) is 17.1. The van der Waals surface area contributed by atoms with Gasteiger partial charge in [-0.15, -0.1) is 0 Å². The summed E-state index contributed by atoms with van der Waals surface area (Å²) >= 11 is 0. The van der Waals surface area contributed by atoms with Gasteiger partial charge in [-0.3, -0.25) is 9.89 Å². The lowest BCUT2D eigenvalue weighted by atomic mass is 10.2. The molecule has 24 heavy (non-hydrogen) atoms. The third-order valence-electron chi connectivity index (χ3n) is 4.01. The van der Waals surface area contributed by atoms with Crippen molar-refractivity contribution in [1.82, 2.24) is 25.1 Å². The summed E-state index contributed by atoms with van der Waals surface area (Å²) in [5.41, 5.74) is 0. The van der Waals surface area contributed by atoms with E-state index in [1.807, 2.05) is 36.0 Å². The van der Waals surface area contributed by atoms with Gasteiger partial charge < -0.3 is 14.5 Å². The average molecular weight is 330 g/mol. The molecule has 0 unspecified atom stereocenters. The molecule has 1 N–H and O–H groups in total. The summed E-state index contributed by atoms with van der Waals surface area (Å²) in [6.07, 6.45) is 5.04. The van der Waals surface area contributed by atoms with Gasteiger partial charge in [0, 0.05) is 46.1 Å². The first-order valence-electron chi connectivity index (χ1n) is 8.04. The minimum absolute atomic E-state index is 0.00197. The van der Waals surface area contributed by atoms with Gasteiger partial charge in [0.25, 0.3) is 0 Å². The van der Waals surface area contributed by atoms with Crippen molar-refractivity contribution in [2.45, 2.75) is 25.4 Å². The van der Waals surface area contributed by atoms with Crippen molar-refractivity contribution in [2.24, 2.45) is 0 Å². The largest absolute Gasteiger partial charge is 0.485 e. The molecule has 3 heterocycles. The Labute approximate surface area is 140 Å². The minimum Gasteiger partial charge on any atom is -0.485 e. The fraction of sp³-hybridized carbons (Fsp3) is 0.500. The number of hydrogen-bond acceptors (Lipinski definition) is 6. The average Bonchev–Trinajstić information content (AvgIpc) is 3.24. The number of nitrogens with one attached hydrogen (secondary N) is 1. The number of likely N-dealkylation sites (tertiary alicyclic amines) is 1. The van der Waals surface area contributed by atoms with Crippen LogP contribution in [0.25, 0.3) is 0 Å². The summed E-state index contributed by atoms with van der Waals surface area (Å²) in [5.74, 6) is 2.41. The molecule has 0 aliphatic carbocycles. The van der Waals surface area contributed by atoms with E-state index in [4.69, 9.17) is 4.74 Å². The maximum atomic E-state index is 12.3. The summed E-state index contributed by atoms with van der Waals surface area (Å²) in [4.78, 5) is 24.5. The van der Waals surface area contributed by atoms with Crippen LogP contribution in [-0.2, 0) is 11.2 Å². The molecule has 128 valence electrons. The van der Waals surface area contributed by atoms with E-state index in [-0.39, 0.29) is 12.0 Å². The second-order valence-electron chi connectivity index (χ2n) is 6.02. The maximum absolute atomic E-state index is 12.3. The van der Waals surface area contributed by atoms with Crippen LogP contribution in [0.5, 0.6) is 5.75 Å². The lowest BCUT2D eigenvalue weighted by molar-refractivity contribution is -0.130. The zero-order chi connectivity index (χ0) is 16.9. The molecule has 1 aliphatic rings. The molecule has 8 nitrogen and oxygen atoms in total. The molecule has 1 saturated heterocycles. The smallest absolute Gasteiger partial charge is 0.223 e. The Morgan fingerprint density at radius 3 is 3.08 bits per heavy atom. The van der Waals surface area contributed by atoms with Gasteiger partial charge in [-0.25, -0.2) is 9.97 Å². The number of carbonyl (C=O) groups is 1. The Bertz CT molecular complexity index is 673. The van der Waals surface area contributed by atoms with Crippen molar-refractivity contribution in [3.63, 3.8) is 0 Å². The van der Waals surface area contributed by atoms with Gasteiger partial charge in [-0.05, 0) is 12.1 Å². The van der Waals surface area contributed by atoms with E-state index in [1.165, 1.54) is 6.33 Å². The van der Waals surface area contributed by atoms with E-state index in [0.717, 1.165) is 30.4 Å². The Morgan fingerprint density at radius 2 is 2.33 bits per heavy atom. The van der Waals surface area contributed by atoms with Crippen molar-refractivity contribution in [2.75, 3.05) is 32.1 Å². The first-order valence-corrected chi connectivity index (χ1v) is 8.04. The lowest BCUT2D eigenvalue weighted by Crippen LogP contribution is -2.31. The second kappa shape index (κ2) is 7.29. The fourth-order valence-electron chi connectivity index (χ4n) is 2.78. The van der Waals surface area contributed by atoms with Crippen LogP contribution < -0.4 is 9.64 Å². The SMILES string of the molecule is CN(C)c1ncccc1O[C@@H]1CCN(C(=O)CCc2ncn[nH]2)C1. The topological polar surface area (TPSA) is 87.2 Å². The van der Waals surface area contributed by atoms with E-state index < -0.39 is 0 Å². The number of H-pyrrole nitrogens is 1. The molecule has 8 heteroatoms. The molecular formula is C16H22N6O2. The van der Waals surface area contributed by atoms with Crippen LogP contribution in [0, 0.1) is 0 Å². The van der Waals surface area contributed by atoms with Crippen LogP contribution in [0.15, 0.2) is 24.7 Å². The first-order chi connectivity index (χ1) is 11.6. The second-order valence-corrected chi connectivity index (χ2v) is 6.02. The zero-order valence-electron chi connectivity index (χ0n) is 14.0. The summed E-state index contributed by atoms with van der Waals surface area (Å²) in [6.45, 7) is 1.33. The Morgan fingerprint density at radius 1 is 1.46 bits per heavy atom. The molecule has 2 aromatic heterocycles. The quantitative estimate of drug-likeness (QED) is 0.846. The zero-order valence-corrected chi connectivity index (χ0v) is 14.0. The predicted molar refractivity (Wildman–Crippen MR) is 88.9 cm³/mol. The molecule has 1 amide bonds. The highest BCUT2D eigenvalue weighted by molar-refractivity contribution is 5.76. The maximum Gasteiger partial charge on any atom is 0.223 e. The lowest BCUT2D eigenvalue weighted by Gasteiger charge is -2.20. The van der Waals surface area contributed by atoms with Crippen LogP contribution in [0.3, 0.4) is 0 Å². The fourth-order valence-corrected chi connectivity index (χ4v) is 2.78. The van der Waals surface area contributed by atoms with Gasteiger partial charge in [0.1, 0.15) is 18.3 Å². The van der Waals surface area contributed by atoms with Crippen LogP contribution in [-0.4, -0.2) is 64.3 Å². The Hall–Kier alpha value is -2.64. The highest BCUT2D eigenvalue weighted by atomic mass is 16.5. The Balaban J connectivity index is 1.53. The molecule has 0 spiro atoms. The molecule has 0 saturated carbocycles. The van der Waals surface area contributed by atoms with Crippen molar-refractivity contribution >= 4 is 11.7 Å². The highest BCUT2D eigenvalue weighted by Crippen LogP contribution is 2.26. The van der Waals surface area contributed by atoms with E-state index in [1.54, 1.807) is 6.20 Å². The Kier molecular flexibility index (Phi) is 4.93. The number of pyridine rings is 1. The van der Waals surface area contributed by atoms with Crippen molar-refractivity contribution in [1.29, 1.82) is 0 Å². The van der Waals surface area contributed by atoms with E-state index in [2.05, 4.69) is 20.2 Å².